The zero-order chi connectivity index (χ0) is 14.1. The van der Waals surface area contributed by atoms with Gasteiger partial charge in [0.15, 0.2) is 0 Å². The number of rotatable bonds is 3. The van der Waals surface area contributed by atoms with Crippen molar-refractivity contribution in [2.24, 2.45) is 0 Å². The zero-order valence-electron chi connectivity index (χ0n) is 11.0. The maximum atomic E-state index is 6.47. The van der Waals surface area contributed by atoms with E-state index in [0.29, 0.717) is 0 Å². The van der Waals surface area contributed by atoms with E-state index in [0.717, 1.165) is 11.3 Å². The maximum absolute atomic E-state index is 6.47. The Labute approximate surface area is 127 Å². The molecule has 0 spiro atoms. The molecule has 102 valence electrons. The number of benzene rings is 1. The highest BCUT2D eigenvalue weighted by atomic mass is 35.5. The molecule has 0 N–H and O–H groups in total. The van der Waals surface area contributed by atoms with Gasteiger partial charge in [0.1, 0.15) is 4.75 Å². The lowest BCUT2D eigenvalue weighted by atomic mass is 9.93. The number of pyridine rings is 1. The fourth-order valence-electron chi connectivity index (χ4n) is 2.32. The molecule has 3 rings (SSSR count). The van der Waals surface area contributed by atoms with E-state index in [2.05, 4.69) is 23.2 Å². The molecule has 0 saturated heterocycles. The average Bonchev–Trinajstić information content (AvgIpc) is 2.89. The lowest BCUT2D eigenvalue weighted by Crippen LogP contribution is -2.24. The van der Waals surface area contributed by atoms with Crippen molar-refractivity contribution >= 4 is 23.4 Å². The van der Waals surface area contributed by atoms with E-state index < -0.39 is 9.14 Å². The number of halogens is 1. The van der Waals surface area contributed by atoms with E-state index in [1.165, 1.54) is 11.8 Å². The molecule has 4 heteroatoms. The van der Waals surface area contributed by atoms with Crippen molar-refractivity contribution in [3.63, 3.8) is 0 Å². The molecule has 0 amide bonds. The van der Waals surface area contributed by atoms with Crippen LogP contribution in [0.25, 0.3) is 0 Å². The van der Waals surface area contributed by atoms with E-state index in [4.69, 9.17) is 16.3 Å². The molecule has 2 unspecified atom stereocenters. The Morgan fingerprint density at radius 3 is 2.40 bits per heavy atom. The minimum Gasteiger partial charge on any atom is -0.351 e. The minimum absolute atomic E-state index is 0.416. The third-order valence-electron chi connectivity index (χ3n) is 3.34. The molecule has 1 aliphatic rings. The van der Waals surface area contributed by atoms with E-state index >= 15 is 0 Å². The maximum Gasteiger partial charge on any atom is 0.209 e. The molecule has 20 heavy (non-hydrogen) atoms. The number of alkyl halides is 1. The van der Waals surface area contributed by atoms with Crippen LogP contribution in [0, 0.1) is 0 Å². The van der Waals surface area contributed by atoms with Crippen molar-refractivity contribution in [3.8, 4) is 0 Å². The minimum atomic E-state index is -0.854. The van der Waals surface area contributed by atoms with Crippen LogP contribution in [0.2, 0.25) is 0 Å². The van der Waals surface area contributed by atoms with Gasteiger partial charge in [-0.1, -0.05) is 65.8 Å². The van der Waals surface area contributed by atoms with Crippen molar-refractivity contribution in [2.75, 3.05) is 7.11 Å². The number of thioether (sulfide) groups is 1. The molecule has 1 aromatic heterocycles. The highest BCUT2D eigenvalue weighted by Crippen LogP contribution is 2.56. The molecule has 1 aromatic carbocycles. The third kappa shape index (κ3) is 2.26. The molecular weight excluding hydrogens is 290 g/mol. The highest BCUT2D eigenvalue weighted by Gasteiger charge is 2.47. The smallest absolute Gasteiger partial charge is 0.209 e. The van der Waals surface area contributed by atoms with Gasteiger partial charge in [0.25, 0.3) is 0 Å². The highest BCUT2D eigenvalue weighted by molar-refractivity contribution is 8.03. The summed E-state index contributed by atoms with van der Waals surface area (Å²) in [4.78, 5) is 4.52. The summed E-state index contributed by atoms with van der Waals surface area (Å²) in [6, 6.07) is 16.1. The van der Waals surface area contributed by atoms with Gasteiger partial charge in [-0.05, 0) is 23.8 Å². The van der Waals surface area contributed by atoms with Gasteiger partial charge in [0.2, 0.25) is 4.39 Å². The Kier molecular flexibility index (Phi) is 3.59. The Balaban J connectivity index is 2.14. The predicted molar refractivity (Wildman–Crippen MR) is 83.8 cm³/mol. The van der Waals surface area contributed by atoms with Crippen LogP contribution in [0.4, 0.5) is 0 Å². The van der Waals surface area contributed by atoms with Crippen molar-refractivity contribution in [3.05, 3.63) is 78.1 Å². The van der Waals surface area contributed by atoms with Crippen LogP contribution in [0.5, 0.6) is 0 Å². The van der Waals surface area contributed by atoms with Gasteiger partial charge >= 0.3 is 0 Å². The molecule has 0 fully saturated rings. The second-order valence-corrected chi connectivity index (χ2v) is 6.78. The number of hydrogen-bond acceptors (Lipinski definition) is 3. The standard InChI is InChI=1S/C16H14ClNOS/c1-19-16(17)11-10-15(20-16,13-7-3-2-4-8-13)14-9-5-6-12-18-14/h2-12H,1H3. The fraction of sp³-hybridized carbons (Fsp3) is 0.188. The Hall–Kier alpha value is -1.29. The number of aromatic nitrogens is 1. The van der Waals surface area contributed by atoms with Crippen molar-refractivity contribution < 1.29 is 4.74 Å². The normalized spacial score (nSPS) is 28.7. The summed E-state index contributed by atoms with van der Waals surface area (Å²) < 4.78 is 4.14. The Bertz CT molecular complexity index is 577. The third-order valence-corrected chi connectivity index (χ3v) is 5.34. The quantitative estimate of drug-likeness (QED) is 0.628. The molecule has 0 bridgehead atoms. The summed E-state index contributed by atoms with van der Waals surface area (Å²) >= 11 is 8.00. The largest absolute Gasteiger partial charge is 0.351 e. The number of methoxy groups -OCH3 is 1. The summed E-state index contributed by atoms with van der Waals surface area (Å²) in [6.07, 6.45) is 5.77. The van der Waals surface area contributed by atoms with Crippen LogP contribution in [0.3, 0.4) is 0 Å². The summed E-state index contributed by atoms with van der Waals surface area (Å²) in [7, 11) is 1.61. The van der Waals surface area contributed by atoms with Gasteiger partial charge in [-0.15, -0.1) is 0 Å². The van der Waals surface area contributed by atoms with Crippen LogP contribution in [0.15, 0.2) is 66.9 Å². The van der Waals surface area contributed by atoms with Crippen LogP contribution in [-0.4, -0.2) is 16.5 Å². The van der Waals surface area contributed by atoms with Gasteiger partial charge in [0.05, 0.1) is 5.69 Å². The molecular formula is C16H14ClNOS. The zero-order valence-corrected chi connectivity index (χ0v) is 12.6. The molecule has 2 atom stereocenters. The van der Waals surface area contributed by atoms with E-state index in [1.807, 2.05) is 42.5 Å². The Morgan fingerprint density at radius 1 is 1.05 bits per heavy atom. The van der Waals surface area contributed by atoms with Crippen LogP contribution in [-0.2, 0) is 9.48 Å². The molecule has 2 heterocycles. The summed E-state index contributed by atoms with van der Waals surface area (Å²) in [5, 5.41) is 0. The predicted octanol–water partition coefficient (Wildman–Crippen LogP) is 4.17. The van der Waals surface area contributed by atoms with Crippen LogP contribution < -0.4 is 0 Å². The Morgan fingerprint density at radius 2 is 1.80 bits per heavy atom. The summed E-state index contributed by atoms with van der Waals surface area (Å²) in [6.45, 7) is 0. The second-order valence-electron chi connectivity index (χ2n) is 4.54. The monoisotopic (exact) mass is 303 g/mol. The summed E-state index contributed by atoms with van der Waals surface area (Å²) in [5.74, 6) is 0. The van der Waals surface area contributed by atoms with Gasteiger partial charge in [-0.2, -0.15) is 0 Å². The molecule has 0 aliphatic carbocycles. The average molecular weight is 304 g/mol. The molecule has 2 aromatic rings. The van der Waals surface area contributed by atoms with Gasteiger partial charge < -0.3 is 4.74 Å². The molecule has 1 aliphatic heterocycles. The topological polar surface area (TPSA) is 22.1 Å². The van der Waals surface area contributed by atoms with Crippen molar-refractivity contribution in [1.29, 1.82) is 0 Å². The van der Waals surface area contributed by atoms with Crippen LogP contribution in [0.1, 0.15) is 11.3 Å². The van der Waals surface area contributed by atoms with Gasteiger partial charge in [-0.25, -0.2) is 0 Å². The van der Waals surface area contributed by atoms with E-state index in [1.54, 1.807) is 13.3 Å². The van der Waals surface area contributed by atoms with Gasteiger partial charge in [-0.3, -0.25) is 4.98 Å². The van der Waals surface area contributed by atoms with E-state index in [9.17, 15) is 0 Å². The first kappa shape index (κ1) is 13.7. The second kappa shape index (κ2) is 5.24. The fourth-order valence-corrected chi connectivity index (χ4v) is 4.02. The summed E-state index contributed by atoms with van der Waals surface area (Å²) in [5.41, 5.74) is 2.09. The van der Waals surface area contributed by atoms with Crippen LogP contribution >= 0.6 is 23.4 Å². The van der Waals surface area contributed by atoms with E-state index in [-0.39, 0.29) is 0 Å². The molecule has 2 nitrogen and oxygen atoms in total. The lowest BCUT2D eigenvalue weighted by Gasteiger charge is -2.30. The first-order chi connectivity index (χ1) is 9.69. The number of hydrogen-bond donors (Lipinski definition) is 0. The molecule has 0 saturated carbocycles. The number of ether oxygens (including phenoxy) is 1. The first-order valence-electron chi connectivity index (χ1n) is 6.30. The van der Waals surface area contributed by atoms with Crippen molar-refractivity contribution in [2.45, 2.75) is 9.14 Å². The SMILES string of the molecule is COC1(Cl)C=CC(c2ccccc2)(c2ccccn2)S1. The first-order valence-corrected chi connectivity index (χ1v) is 7.50. The lowest BCUT2D eigenvalue weighted by molar-refractivity contribution is 0.178. The van der Waals surface area contributed by atoms with Crippen molar-refractivity contribution in [1.82, 2.24) is 4.98 Å². The number of nitrogens with zero attached hydrogens (tertiary/aromatic N) is 1. The molecule has 0 radical (unpaired) electrons. The van der Waals surface area contributed by atoms with Gasteiger partial charge in [0, 0.05) is 13.3 Å².